The number of piperidine rings is 1. The fraction of sp³-hybridized carbons (Fsp3) is 0.400. The Hall–Kier alpha value is -3.55. The maximum atomic E-state index is 13.0. The summed E-state index contributed by atoms with van der Waals surface area (Å²) >= 11 is 0. The van der Waals surface area contributed by atoms with Crippen molar-refractivity contribution in [3.8, 4) is 11.6 Å². The molecule has 4 rings (SSSR count). The van der Waals surface area contributed by atoms with Gasteiger partial charge in [0.05, 0.1) is 12.2 Å². The highest BCUT2D eigenvalue weighted by molar-refractivity contribution is 5.96. The van der Waals surface area contributed by atoms with E-state index in [1.54, 1.807) is 12.1 Å². The van der Waals surface area contributed by atoms with Gasteiger partial charge in [-0.05, 0) is 70.9 Å². The van der Waals surface area contributed by atoms with E-state index in [9.17, 15) is 9.59 Å². The molecule has 1 aromatic carbocycles. The van der Waals surface area contributed by atoms with Gasteiger partial charge in [-0.15, -0.1) is 0 Å². The second-order valence-corrected chi connectivity index (χ2v) is 8.41. The average Bonchev–Trinajstić information content (AvgIpc) is 3.36. The first-order chi connectivity index (χ1) is 15.9. The third kappa shape index (κ3) is 4.79. The van der Waals surface area contributed by atoms with Crippen LogP contribution in [-0.2, 0) is 0 Å². The second kappa shape index (κ2) is 9.52. The van der Waals surface area contributed by atoms with Crippen LogP contribution in [0.25, 0.3) is 5.82 Å². The number of ether oxygens (including phenoxy) is 1. The molecule has 1 aliphatic heterocycles. The molecule has 1 aliphatic rings. The fourth-order valence-electron chi connectivity index (χ4n) is 4.34. The topological polar surface area (TPSA) is 89.6 Å². The molecule has 0 spiro atoms. The SMILES string of the molecule is CCOc1ccc(C(=O)N2CCC(NC(=O)c3cc(C)n(-c4cc(C)on4)c3C)CC2)cc1. The van der Waals surface area contributed by atoms with Gasteiger partial charge in [-0.25, -0.2) is 0 Å². The van der Waals surface area contributed by atoms with Crippen LogP contribution in [0.4, 0.5) is 0 Å². The number of nitrogens with one attached hydrogen (secondary N) is 1. The minimum atomic E-state index is -0.106. The van der Waals surface area contributed by atoms with Gasteiger partial charge in [-0.1, -0.05) is 5.16 Å². The third-order valence-electron chi connectivity index (χ3n) is 6.05. The van der Waals surface area contributed by atoms with Gasteiger partial charge in [0, 0.05) is 42.1 Å². The molecule has 0 unspecified atom stereocenters. The predicted octanol–water partition coefficient (Wildman–Crippen LogP) is 3.82. The van der Waals surface area contributed by atoms with Crippen molar-refractivity contribution in [2.24, 2.45) is 0 Å². The van der Waals surface area contributed by atoms with Crippen LogP contribution in [0.3, 0.4) is 0 Å². The summed E-state index contributed by atoms with van der Waals surface area (Å²) in [7, 11) is 0. The van der Waals surface area contributed by atoms with Crippen molar-refractivity contribution in [3.05, 3.63) is 64.7 Å². The highest BCUT2D eigenvalue weighted by Gasteiger charge is 2.26. The van der Waals surface area contributed by atoms with Crippen molar-refractivity contribution in [1.82, 2.24) is 19.9 Å². The summed E-state index contributed by atoms with van der Waals surface area (Å²) in [5.74, 6) is 2.05. The Bertz CT molecular complexity index is 1140. The Morgan fingerprint density at radius 2 is 1.82 bits per heavy atom. The normalized spacial score (nSPS) is 14.4. The number of hydrogen-bond acceptors (Lipinski definition) is 5. The van der Waals surface area contributed by atoms with Crippen LogP contribution in [0, 0.1) is 20.8 Å². The smallest absolute Gasteiger partial charge is 0.253 e. The molecule has 0 aliphatic carbocycles. The van der Waals surface area contributed by atoms with E-state index in [2.05, 4.69) is 10.5 Å². The molecule has 8 heteroatoms. The molecule has 174 valence electrons. The number of carbonyl (C=O) groups is 2. The van der Waals surface area contributed by atoms with Gasteiger partial charge >= 0.3 is 0 Å². The lowest BCUT2D eigenvalue weighted by Crippen LogP contribution is -2.46. The van der Waals surface area contributed by atoms with Crippen LogP contribution in [0.1, 0.15) is 57.6 Å². The van der Waals surface area contributed by atoms with E-state index < -0.39 is 0 Å². The number of carbonyl (C=O) groups excluding carboxylic acids is 2. The molecule has 3 aromatic rings. The number of aromatic nitrogens is 2. The highest BCUT2D eigenvalue weighted by atomic mass is 16.5. The summed E-state index contributed by atoms with van der Waals surface area (Å²) in [4.78, 5) is 27.7. The van der Waals surface area contributed by atoms with E-state index >= 15 is 0 Å². The molecule has 0 saturated carbocycles. The Labute approximate surface area is 193 Å². The summed E-state index contributed by atoms with van der Waals surface area (Å²) in [5, 5.41) is 7.21. The Balaban J connectivity index is 1.35. The van der Waals surface area contributed by atoms with Crippen LogP contribution in [0.2, 0.25) is 0 Å². The van der Waals surface area contributed by atoms with Crippen LogP contribution >= 0.6 is 0 Å². The van der Waals surface area contributed by atoms with Crippen molar-refractivity contribution >= 4 is 11.8 Å². The lowest BCUT2D eigenvalue weighted by Gasteiger charge is -2.32. The Morgan fingerprint density at radius 1 is 1.12 bits per heavy atom. The molecule has 33 heavy (non-hydrogen) atoms. The number of aryl methyl sites for hydroxylation is 2. The summed E-state index contributed by atoms with van der Waals surface area (Å²) in [6, 6.07) is 11.0. The standard InChI is InChI=1S/C25H30N4O4/c1-5-32-21-8-6-19(7-9-21)25(31)28-12-10-20(11-13-28)26-24(30)22-14-16(2)29(18(22)4)23-15-17(3)33-27-23/h6-9,14-15,20H,5,10-13H2,1-4H3,(H,26,30). The maximum Gasteiger partial charge on any atom is 0.253 e. The van der Waals surface area contributed by atoms with E-state index in [1.807, 2.05) is 61.4 Å². The summed E-state index contributed by atoms with van der Waals surface area (Å²) in [6.07, 6.45) is 1.44. The van der Waals surface area contributed by atoms with E-state index in [1.165, 1.54) is 0 Å². The van der Waals surface area contributed by atoms with E-state index in [-0.39, 0.29) is 17.9 Å². The van der Waals surface area contributed by atoms with Gasteiger partial charge in [0.15, 0.2) is 5.82 Å². The number of amides is 2. The van der Waals surface area contributed by atoms with Crippen LogP contribution in [-0.4, -0.2) is 52.2 Å². The Kier molecular flexibility index (Phi) is 6.53. The predicted molar refractivity (Wildman–Crippen MR) is 124 cm³/mol. The zero-order chi connectivity index (χ0) is 23.5. The van der Waals surface area contributed by atoms with Gasteiger partial charge in [0.25, 0.3) is 11.8 Å². The maximum absolute atomic E-state index is 13.0. The summed E-state index contributed by atoms with van der Waals surface area (Å²) < 4.78 is 12.6. The van der Waals surface area contributed by atoms with E-state index in [0.29, 0.717) is 36.6 Å². The first-order valence-corrected chi connectivity index (χ1v) is 11.3. The average molecular weight is 451 g/mol. The molecule has 3 heterocycles. The molecule has 0 atom stereocenters. The lowest BCUT2D eigenvalue weighted by atomic mass is 10.0. The van der Waals surface area contributed by atoms with Gasteiger partial charge in [0.1, 0.15) is 11.5 Å². The number of likely N-dealkylation sites (tertiary alicyclic amines) is 1. The van der Waals surface area contributed by atoms with Gasteiger partial charge in [-0.3, -0.25) is 14.2 Å². The molecule has 1 saturated heterocycles. The van der Waals surface area contributed by atoms with Crippen molar-refractivity contribution in [2.75, 3.05) is 19.7 Å². The van der Waals surface area contributed by atoms with Gasteiger partial charge < -0.3 is 19.5 Å². The Morgan fingerprint density at radius 3 is 2.42 bits per heavy atom. The molecule has 0 bridgehead atoms. The molecule has 1 N–H and O–H groups in total. The number of hydrogen-bond donors (Lipinski definition) is 1. The summed E-state index contributed by atoms with van der Waals surface area (Å²) in [5.41, 5.74) is 3.01. The van der Waals surface area contributed by atoms with Crippen LogP contribution in [0.5, 0.6) is 5.75 Å². The van der Waals surface area contributed by atoms with Crippen molar-refractivity contribution in [3.63, 3.8) is 0 Å². The zero-order valence-corrected chi connectivity index (χ0v) is 19.6. The van der Waals surface area contributed by atoms with Crippen LogP contribution < -0.4 is 10.1 Å². The molecule has 2 amide bonds. The fourth-order valence-corrected chi connectivity index (χ4v) is 4.34. The number of nitrogens with zero attached hydrogens (tertiary/aromatic N) is 3. The van der Waals surface area contributed by atoms with Crippen LogP contribution in [0.15, 0.2) is 40.9 Å². The first-order valence-electron chi connectivity index (χ1n) is 11.3. The lowest BCUT2D eigenvalue weighted by molar-refractivity contribution is 0.0698. The highest BCUT2D eigenvalue weighted by Crippen LogP contribution is 2.22. The molecular formula is C25H30N4O4. The molecule has 1 fully saturated rings. The van der Waals surface area contributed by atoms with Crippen molar-refractivity contribution in [2.45, 2.75) is 46.6 Å². The van der Waals surface area contributed by atoms with E-state index in [0.717, 1.165) is 35.7 Å². The zero-order valence-electron chi connectivity index (χ0n) is 19.6. The van der Waals surface area contributed by atoms with Gasteiger partial charge in [0.2, 0.25) is 0 Å². The van der Waals surface area contributed by atoms with E-state index in [4.69, 9.17) is 9.26 Å². The summed E-state index contributed by atoms with van der Waals surface area (Å²) in [6.45, 7) is 9.42. The molecular weight excluding hydrogens is 420 g/mol. The number of rotatable bonds is 6. The van der Waals surface area contributed by atoms with Crippen molar-refractivity contribution < 1.29 is 18.8 Å². The third-order valence-corrected chi connectivity index (χ3v) is 6.05. The quantitative estimate of drug-likeness (QED) is 0.617. The minimum absolute atomic E-state index is 0.00859. The monoisotopic (exact) mass is 450 g/mol. The molecule has 0 radical (unpaired) electrons. The van der Waals surface area contributed by atoms with Crippen molar-refractivity contribution in [1.29, 1.82) is 0 Å². The number of benzene rings is 1. The largest absolute Gasteiger partial charge is 0.494 e. The second-order valence-electron chi connectivity index (χ2n) is 8.41. The molecule has 2 aromatic heterocycles. The van der Waals surface area contributed by atoms with Gasteiger partial charge in [-0.2, -0.15) is 0 Å². The minimum Gasteiger partial charge on any atom is -0.494 e. The molecule has 8 nitrogen and oxygen atoms in total. The first kappa shape index (κ1) is 22.6.